The highest BCUT2D eigenvalue weighted by Gasteiger charge is 2.13. The van der Waals surface area contributed by atoms with Gasteiger partial charge in [0, 0.05) is 0 Å². The zero-order valence-corrected chi connectivity index (χ0v) is 7.78. The number of aromatic nitrogens is 4. The van der Waals surface area contributed by atoms with E-state index in [4.69, 9.17) is 5.73 Å². The summed E-state index contributed by atoms with van der Waals surface area (Å²) in [5.74, 6) is 0.597. The zero-order chi connectivity index (χ0) is 9.19. The van der Waals surface area contributed by atoms with Crippen molar-refractivity contribution in [2.45, 2.75) is 33.9 Å². The minimum Gasteiger partial charge on any atom is -0.324 e. The SMILES string of the molecule is CC(C)(C)Cn1nnc(CN)n1. The van der Waals surface area contributed by atoms with Crippen molar-refractivity contribution >= 4 is 0 Å². The number of nitrogens with zero attached hydrogens (tertiary/aromatic N) is 4. The van der Waals surface area contributed by atoms with Crippen LogP contribution in [0.5, 0.6) is 0 Å². The number of tetrazole rings is 1. The first-order valence-corrected chi connectivity index (χ1v) is 3.98. The van der Waals surface area contributed by atoms with Crippen molar-refractivity contribution in [2.24, 2.45) is 11.1 Å². The summed E-state index contributed by atoms with van der Waals surface area (Å²) in [7, 11) is 0. The Morgan fingerprint density at radius 2 is 2.08 bits per heavy atom. The maximum absolute atomic E-state index is 5.35. The van der Waals surface area contributed by atoms with E-state index in [-0.39, 0.29) is 5.41 Å². The first-order valence-electron chi connectivity index (χ1n) is 3.98. The summed E-state index contributed by atoms with van der Waals surface area (Å²) < 4.78 is 0. The maximum Gasteiger partial charge on any atom is 0.188 e. The Morgan fingerprint density at radius 3 is 2.50 bits per heavy atom. The molecule has 0 atom stereocenters. The van der Waals surface area contributed by atoms with E-state index in [1.165, 1.54) is 0 Å². The van der Waals surface area contributed by atoms with Gasteiger partial charge in [0.05, 0.1) is 13.1 Å². The molecule has 0 radical (unpaired) electrons. The number of rotatable bonds is 2. The summed E-state index contributed by atoms with van der Waals surface area (Å²) in [5.41, 5.74) is 5.52. The zero-order valence-electron chi connectivity index (χ0n) is 7.78. The second-order valence-electron chi connectivity index (χ2n) is 4.00. The quantitative estimate of drug-likeness (QED) is 0.685. The molecule has 12 heavy (non-hydrogen) atoms. The lowest BCUT2D eigenvalue weighted by molar-refractivity contribution is 0.299. The predicted molar refractivity (Wildman–Crippen MR) is 45.2 cm³/mol. The molecule has 0 saturated carbocycles. The largest absolute Gasteiger partial charge is 0.324 e. The van der Waals surface area contributed by atoms with E-state index in [9.17, 15) is 0 Å². The van der Waals surface area contributed by atoms with Gasteiger partial charge < -0.3 is 5.73 Å². The molecule has 0 aliphatic rings. The van der Waals surface area contributed by atoms with E-state index in [0.29, 0.717) is 12.4 Å². The average Bonchev–Trinajstić information content (AvgIpc) is 2.32. The molecular weight excluding hydrogens is 154 g/mol. The third-order valence-corrected chi connectivity index (χ3v) is 1.29. The van der Waals surface area contributed by atoms with E-state index in [1.54, 1.807) is 4.80 Å². The van der Waals surface area contributed by atoms with Crippen LogP contribution in [-0.4, -0.2) is 20.2 Å². The molecule has 1 heterocycles. The minimum absolute atomic E-state index is 0.173. The van der Waals surface area contributed by atoms with Crippen LogP contribution in [-0.2, 0) is 13.1 Å². The molecule has 1 aromatic heterocycles. The molecule has 0 unspecified atom stereocenters. The van der Waals surface area contributed by atoms with E-state index in [2.05, 4.69) is 36.2 Å². The van der Waals surface area contributed by atoms with Crippen LogP contribution < -0.4 is 5.73 Å². The third kappa shape index (κ3) is 2.58. The van der Waals surface area contributed by atoms with Gasteiger partial charge in [-0.05, 0) is 10.6 Å². The van der Waals surface area contributed by atoms with Crippen molar-refractivity contribution in [3.8, 4) is 0 Å². The van der Waals surface area contributed by atoms with E-state index < -0.39 is 0 Å². The Bertz CT molecular complexity index is 247. The van der Waals surface area contributed by atoms with Gasteiger partial charge in [0.1, 0.15) is 0 Å². The van der Waals surface area contributed by atoms with Crippen LogP contribution in [0.15, 0.2) is 0 Å². The first-order chi connectivity index (χ1) is 5.51. The summed E-state index contributed by atoms with van der Waals surface area (Å²) in [6.45, 7) is 7.49. The lowest BCUT2D eigenvalue weighted by Crippen LogP contribution is -2.17. The highest BCUT2D eigenvalue weighted by Crippen LogP contribution is 2.14. The van der Waals surface area contributed by atoms with Gasteiger partial charge in [-0.3, -0.25) is 0 Å². The third-order valence-electron chi connectivity index (χ3n) is 1.29. The Labute approximate surface area is 71.9 Å². The fourth-order valence-electron chi connectivity index (χ4n) is 0.849. The molecule has 2 N–H and O–H groups in total. The van der Waals surface area contributed by atoms with E-state index in [0.717, 1.165) is 6.54 Å². The number of hydrogen-bond donors (Lipinski definition) is 1. The molecule has 0 aliphatic heterocycles. The van der Waals surface area contributed by atoms with Crippen LogP contribution in [0.3, 0.4) is 0 Å². The fourth-order valence-corrected chi connectivity index (χ4v) is 0.849. The van der Waals surface area contributed by atoms with Crippen molar-refractivity contribution in [3.05, 3.63) is 5.82 Å². The molecule has 0 aromatic carbocycles. The van der Waals surface area contributed by atoms with Crippen LogP contribution >= 0.6 is 0 Å². The average molecular weight is 169 g/mol. The van der Waals surface area contributed by atoms with Gasteiger partial charge in [0.2, 0.25) is 0 Å². The van der Waals surface area contributed by atoms with Crippen LogP contribution in [0.2, 0.25) is 0 Å². The summed E-state index contributed by atoms with van der Waals surface area (Å²) in [6, 6.07) is 0. The highest BCUT2D eigenvalue weighted by molar-refractivity contribution is 4.73. The topological polar surface area (TPSA) is 69.6 Å². The Morgan fingerprint density at radius 1 is 1.42 bits per heavy atom. The maximum atomic E-state index is 5.35. The van der Waals surface area contributed by atoms with Gasteiger partial charge in [0.15, 0.2) is 5.82 Å². The van der Waals surface area contributed by atoms with E-state index >= 15 is 0 Å². The van der Waals surface area contributed by atoms with Crippen molar-refractivity contribution in [3.63, 3.8) is 0 Å². The molecule has 1 aromatic rings. The monoisotopic (exact) mass is 169 g/mol. The van der Waals surface area contributed by atoms with Crippen molar-refractivity contribution in [2.75, 3.05) is 0 Å². The second-order valence-corrected chi connectivity index (χ2v) is 4.00. The standard InChI is InChI=1S/C7H15N5/c1-7(2,3)5-12-10-6(4-8)9-11-12/h4-5,8H2,1-3H3. The minimum atomic E-state index is 0.173. The van der Waals surface area contributed by atoms with Gasteiger partial charge in [-0.2, -0.15) is 4.80 Å². The van der Waals surface area contributed by atoms with Crippen LogP contribution in [0.4, 0.5) is 0 Å². The molecular formula is C7H15N5. The predicted octanol–water partition coefficient (Wildman–Crippen LogP) is 0.178. The molecule has 0 saturated heterocycles. The van der Waals surface area contributed by atoms with Gasteiger partial charge in [0.25, 0.3) is 0 Å². The Balaban J connectivity index is 2.64. The fraction of sp³-hybridized carbons (Fsp3) is 0.857. The van der Waals surface area contributed by atoms with Crippen LogP contribution in [0.25, 0.3) is 0 Å². The molecule has 5 nitrogen and oxygen atoms in total. The highest BCUT2D eigenvalue weighted by atomic mass is 15.6. The molecule has 68 valence electrons. The lowest BCUT2D eigenvalue weighted by Gasteiger charge is -2.15. The molecule has 0 amide bonds. The first kappa shape index (κ1) is 9.12. The second kappa shape index (κ2) is 3.18. The normalized spacial score (nSPS) is 12.0. The summed E-state index contributed by atoms with van der Waals surface area (Å²) >= 11 is 0. The summed E-state index contributed by atoms with van der Waals surface area (Å²) in [4.78, 5) is 1.59. The molecule has 0 bridgehead atoms. The van der Waals surface area contributed by atoms with Gasteiger partial charge in [-0.25, -0.2) is 0 Å². The summed E-state index contributed by atoms with van der Waals surface area (Å²) in [6.07, 6.45) is 0. The van der Waals surface area contributed by atoms with Crippen LogP contribution in [0.1, 0.15) is 26.6 Å². The summed E-state index contributed by atoms with van der Waals surface area (Å²) in [5, 5.41) is 11.7. The Kier molecular flexibility index (Phi) is 2.42. The van der Waals surface area contributed by atoms with Gasteiger partial charge >= 0.3 is 0 Å². The van der Waals surface area contributed by atoms with Crippen molar-refractivity contribution in [1.29, 1.82) is 0 Å². The molecule has 1 rings (SSSR count). The van der Waals surface area contributed by atoms with Crippen molar-refractivity contribution < 1.29 is 0 Å². The molecule has 5 heteroatoms. The van der Waals surface area contributed by atoms with Gasteiger partial charge in [-0.15, -0.1) is 10.2 Å². The molecule has 0 fully saturated rings. The smallest absolute Gasteiger partial charge is 0.188 e. The Hall–Kier alpha value is -0.970. The van der Waals surface area contributed by atoms with Crippen molar-refractivity contribution in [1.82, 2.24) is 20.2 Å². The van der Waals surface area contributed by atoms with Gasteiger partial charge in [-0.1, -0.05) is 20.8 Å². The lowest BCUT2D eigenvalue weighted by atomic mass is 9.97. The number of hydrogen-bond acceptors (Lipinski definition) is 4. The molecule has 0 aliphatic carbocycles. The van der Waals surface area contributed by atoms with E-state index in [1.807, 2.05) is 0 Å². The van der Waals surface area contributed by atoms with Crippen LogP contribution in [0, 0.1) is 5.41 Å². The molecule has 0 spiro atoms. The number of nitrogens with two attached hydrogens (primary N) is 1.